The number of rotatable bonds is 3. The molecule has 3 aromatic rings. The van der Waals surface area contributed by atoms with Crippen molar-refractivity contribution in [2.45, 2.75) is 18.9 Å². The fraction of sp³-hybridized carbons (Fsp3) is 0.286. The van der Waals surface area contributed by atoms with Crippen LogP contribution in [0.25, 0.3) is 11.0 Å². The van der Waals surface area contributed by atoms with Crippen LogP contribution in [0.2, 0.25) is 0 Å². The van der Waals surface area contributed by atoms with Gasteiger partial charge in [-0.1, -0.05) is 15.9 Å². The fourth-order valence-electron chi connectivity index (χ4n) is 3.85. The van der Waals surface area contributed by atoms with Gasteiger partial charge >= 0.3 is 5.69 Å². The molecule has 1 N–H and O–H groups in total. The van der Waals surface area contributed by atoms with Crippen LogP contribution >= 0.6 is 15.9 Å². The van der Waals surface area contributed by atoms with Crippen LogP contribution in [-0.4, -0.2) is 38.4 Å². The zero-order chi connectivity index (χ0) is 20.7. The Kier molecular flexibility index (Phi) is 5.04. The van der Waals surface area contributed by atoms with Crippen molar-refractivity contribution in [3.63, 3.8) is 0 Å². The third-order valence-corrected chi connectivity index (χ3v) is 5.98. The second-order valence-corrected chi connectivity index (χ2v) is 8.17. The lowest BCUT2D eigenvalue weighted by molar-refractivity contribution is -0.119. The Morgan fingerprint density at radius 2 is 1.72 bits per heavy atom. The zero-order valence-electron chi connectivity index (χ0n) is 16.2. The Hall–Kier alpha value is -2.87. The van der Waals surface area contributed by atoms with Gasteiger partial charge in [-0.15, -0.1) is 0 Å². The molecule has 150 valence electrons. The summed E-state index contributed by atoms with van der Waals surface area (Å²) in [5.74, 6) is -0.357. The van der Waals surface area contributed by atoms with Gasteiger partial charge in [0.2, 0.25) is 5.91 Å². The predicted molar refractivity (Wildman–Crippen MR) is 115 cm³/mol. The number of anilines is 1. The number of halogens is 1. The second kappa shape index (κ2) is 7.51. The van der Waals surface area contributed by atoms with E-state index in [0.29, 0.717) is 24.2 Å². The number of amides is 2. The molecular formula is C21H21BrN4O3. The van der Waals surface area contributed by atoms with Gasteiger partial charge in [-0.25, -0.2) is 4.79 Å². The first kappa shape index (κ1) is 19.4. The van der Waals surface area contributed by atoms with Crippen molar-refractivity contribution >= 4 is 44.5 Å². The SMILES string of the molecule is Cn1c(=O)n(C)c2cc(NC(=O)C3CCCN3C(=O)c3ccc(Br)cc3)ccc21. The van der Waals surface area contributed by atoms with Gasteiger partial charge in [0, 0.05) is 36.4 Å². The molecule has 2 heterocycles. The van der Waals surface area contributed by atoms with E-state index < -0.39 is 6.04 Å². The predicted octanol–water partition coefficient (Wildman–Crippen LogP) is 2.88. The van der Waals surface area contributed by atoms with Crippen LogP contribution in [0, 0.1) is 0 Å². The summed E-state index contributed by atoms with van der Waals surface area (Å²) < 4.78 is 4.01. The average Bonchev–Trinajstić information content (AvgIpc) is 3.29. The molecule has 0 radical (unpaired) electrons. The third-order valence-electron chi connectivity index (χ3n) is 5.45. The van der Waals surface area contributed by atoms with Crippen LogP contribution in [0.15, 0.2) is 51.7 Å². The molecule has 1 aliphatic heterocycles. The molecule has 2 amide bonds. The molecule has 1 aliphatic rings. The molecule has 0 spiro atoms. The highest BCUT2D eigenvalue weighted by Gasteiger charge is 2.34. The Labute approximate surface area is 176 Å². The van der Waals surface area contributed by atoms with Crippen LogP contribution < -0.4 is 11.0 Å². The molecule has 4 rings (SSSR count). The molecule has 1 atom stereocenters. The first-order valence-electron chi connectivity index (χ1n) is 9.39. The van der Waals surface area contributed by atoms with Crippen molar-refractivity contribution in [3.05, 3.63) is 63.0 Å². The standard InChI is InChI=1S/C21H21BrN4O3/c1-24-16-10-9-15(12-18(16)25(2)21(24)29)23-19(27)17-4-3-11-26(17)20(28)13-5-7-14(22)8-6-13/h5-10,12,17H,3-4,11H2,1-2H3,(H,23,27). The summed E-state index contributed by atoms with van der Waals surface area (Å²) in [6.45, 7) is 0.555. The normalized spacial score (nSPS) is 16.4. The van der Waals surface area contributed by atoms with E-state index in [1.807, 2.05) is 18.2 Å². The van der Waals surface area contributed by atoms with Crippen molar-refractivity contribution in [1.29, 1.82) is 0 Å². The van der Waals surface area contributed by atoms with Crippen molar-refractivity contribution in [1.82, 2.24) is 14.0 Å². The number of benzene rings is 2. The summed E-state index contributed by atoms with van der Waals surface area (Å²) in [5.41, 5.74) is 2.58. The highest BCUT2D eigenvalue weighted by atomic mass is 79.9. The fourth-order valence-corrected chi connectivity index (χ4v) is 4.12. The monoisotopic (exact) mass is 456 g/mol. The molecule has 1 saturated heterocycles. The number of imidazole rings is 1. The molecule has 0 bridgehead atoms. The summed E-state index contributed by atoms with van der Waals surface area (Å²) in [7, 11) is 3.42. The van der Waals surface area contributed by atoms with Crippen LogP contribution in [0.1, 0.15) is 23.2 Å². The lowest BCUT2D eigenvalue weighted by Crippen LogP contribution is -2.43. The molecule has 0 aliphatic carbocycles. The Balaban J connectivity index is 1.55. The third kappa shape index (κ3) is 3.48. The van der Waals surface area contributed by atoms with Gasteiger partial charge in [-0.05, 0) is 55.3 Å². The maximum Gasteiger partial charge on any atom is 0.328 e. The number of nitrogens with zero attached hydrogens (tertiary/aromatic N) is 3. The van der Waals surface area contributed by atoms with Gasteiger partial charge in [0.05, 0.1) is 11.0 Å². The topological polar surface area (TPSA) is 76.3 Å². The van der Waals surface area contributed by atoms with Crippen molar-refractivity contribution in [2.24, 2.45) is 14.1 Å². The first-order valence-corrected chi connectivity index (χ1v) is 10.2. The number of aryl methyl sites for hydroxylation is 2. The van der Waals surface area contributed by atoms with Crippen LogP contribution in [0.5, 0.6) is 0 Å². The number of hydrogen-bond acceptors (Lipinski definition) is 3. The van der Waals surface area contributed by atoms with Crippen LogP contribution in [-0.2, 0) is 18.9 Å². The van der Waals surface area contributed by atoms with Gasteiger partial charge in [-0.3, -0.25) is 18.7 Å². The zero-order valence-corrected chi connectivity index (χ0v) is 17.8. The van der Waals surface area contributed by atoms with E-state index >= 15 is 0 Å². The maximum absolute atomic E-state index is 12.9. The van der Waals surface area contributed by atoms with Gasteiger partial charge in [0.25, 0.3) is 5.91 Å². The minimum atomic E-state index is -0.513. The number of carbonyl (C=O) groups is 2. The summed E-state index contributed by atoms with van der Waals surface area (Å²) in [4.78, 5) is 39.5. The molecule has 29 heavy (non-hydrogen) atoms. The lowest BCUT2D eigenvalue weighted by atomic mass is 10.1. The lowest BCUT2D eigenvalue weighted by Gasteiger charge is -2.24. The largest absolute Gasteiger partial charge is 0.328 e. The first-order chi connectivity index (χ1) is 13.9. The summed E-state index contributed by atoms with van der Waals surface area (Å²) in [6, 6.07) is 12.0. The van der Waals surface area contributed by atoms with Crippen LogP contribution in [0.3, 0.4) is 0 Å². The Morgan fingerprint density at radius 1 is 1.03 bits per heavy atom. The number of aromatic nitrogens is 2. The van der Waals surface area contributed by atoms with E-state index in [0.717, 1.165) is 21.9 Å². The van der Waals surface area contributed by atoms with E-state index in [1.165, 1.54) is 0 Å². The number of hydrogen-bond donors (Lipinski definition) is 1. The van der Waals surface area contributed by atoms with Crippen molar-refractivity contribution < 1.29 is 9.59 Å². The van der Waals surface area contributed by atoms with Gasteiger partial charge in [-0.2, -0.15) is 0 Å². The minimum Gasteiger partial charge on any atom is -0.327 e. The van der Waals surface area contributed by atoms with E-state index in [1.54, 1.807) is 52.4 Å². The van der Waals surface area contributed by atoms with Crippen molar-refractivity contribution in [3.8, 4) is 0 Å². The minimum absolute atomic E-state index is 0.120. The van der Waals surface area contributed by atoms with Crippen LogP contribution in [0.4, 0.5) is 5.69 Å². The Bertz CT molecular complexity index is 1160. The molecule has 1 unspecified atom stereocenters. The molecule has 1 fully saturated rings. The summed E-state index contributed by atoms with van der Waals surface area (Å²) >= 11 is 3.37. The summed E-state index contributed by atoms with van der Waals surface area (Å²) in [6.07, 6.45) is 1.41. The summed E-state index contributed by atoms with van der Waals surface area (Å²) in [5, 5.41) is 2.91. The maximum atomic E-state index is 12.9. The molecule has 2 aromatic carbocycles. The molecule has 0 saturated carbocycles. The van der Waals surface area contributed by atoms with E-state index in [2.05, 4.69) is 21.2 Å². The van der Waals surface area contributed by atoms with Crippen molar-refractivity contribution in [2.75, 3.05) is 11.9 Å². The molecule has 1 aromatic heterocycles. The molecule has 7 nitrogen and oxygen atoms in total. The van der Waals surface area contributed by atoms with Gasteiger partial charge in [0.15, 0.2) is 0 Å². The molecule has 8 heteroatoms. The van der Waals surface area contributed by atoms with E-state index in [-0.39, 0.29) is 17.5 Å². The average molecular weight is 457 g/mol. The molecular weight excluding hydrogens is 436 g/mol. The number of fused-ring (bicyclic) bond motifs is 1. The van der Waals surface area contributed by atoms with Gasteiger partial charge < -0.3 is 10.2 Å². The second-order valence-electron chi connectivity index (χ2n) is 7.26. The Morgan fingerprint density at radius 3 is 2.45 bits per heavy atom. The number of carbonyl (C=O) groups excluding carboxylic acids is 2. The number of nitrogens with one attached hydrogen (secondary N) is 1. The highest BCUT2D eigenvalue weighted by molar-refractivity contribution is 9.10. The smallest absolute Gasteiger partial charge is 0.327 e. The highest BCUT2D eigenvalue weighted by Crippen LogP contribution is 2.24. The van der Waals surface area contributed by atoms with E-state index in [4.69, 9.17) is 0 Å². The number of likely N-dealkylation sites (tertiary alicyclic amines) is 1. The van der Waals surface area contributed by atoms with Gasteiger partial charge in [0.1, 0.15) is 6.04 Å². The quantitative estimate of drug-likeness (QED) is 0.658. The van der Waals surface area contributed by atoms with E-state index in [9.17, 15) is 14.4 Å².